The molecule has 0 atom stereocenters. The predicted molar refractivity (Wildman–Crippen MR) is 100 cm³/mol. The zero-order chi connectivity index (χ0) is 19.1. The lowest BCUT2D eigenvalue weighted by Crippen LogP contribution is -2.03. The summed E-state index contributed by atoms with van der Waals surface area (Å²) in [4.78, 5) is 15.6. The zero-order valence-corrected chi connectivity index (χ0v) is 14.8. The average molecular weight is 374 g/mol. The number of aryl methyl sites for hydroxylation is 2. The van der Waals surface area contributed by atoms with Crippen LogP contribution >= 0.6 is 0 Å². The van der Waals surface area contributed by atoms with Crippen LogP contribution in [0.3, 0.4) is 0 Å². The quantitative estimate of drug-likeness (QED) is 0.468. The maximum absolute atomic E-state index is 13.9. The van der Waals surface area contributed by atoms with Crippen molar-refractivity contribution in [2.75, 3.05) is 0 Å². The van der Waals surface area contributed by atoms with E-state index in [4.69, 9.17) is 8.94 Å². The summed E-state index contributed by atoms with van der Waals surface area (Å²) in [5, 5.41) is 4.04. The van der Waals surface area contributed by atoms with E-state index in [-0.39, 0.29) is 11.6 Å². The van der Waals surface area contributed by atoms with Crippen molar-refractivity contribution in [1.82, 2.24) is 10.1 Å². The van der Waals surface area contributed by atoms with Gasteiger partial charge in [-0.15, -0.1) is 0 Å². The summed E-state index contributed by atoms with van der Waals surface area (Å²) in [6, 6.07) is 14.7. The lowest BCUT2D eigenvalue weighted by molar-refractivity contribution is 0.112. The topological polar surface area (TPSA) is 69.1 Å². The van der Waals surface area contributed by atoms with Crippen LogP contribution in [0.25, 0.3) is 34.2 Å². The Morgan fingerprint density at radius 3 is 2.71 bits per heavy atom. The molecule has 1 aliphatic rings. The van der Waals surface area contributed by atoms with E-state index in [1.165, 1.54) is 0 Å². The average Bonchev–Trinajstić information content (AvgIpc) is 3.37. The molecule has 0 amide bonds. The molecule has 0 spiro atoms. The van der Waals surface area contributed by atoms with Crippen LogP contribution in [-0.2, 0) is 19.5 Å². The van der Waals surface area contributed by atoms with Crippen molar-refractivity contribution in [3.05, 3.63) is 70.9 Å². The van der Waals surface area contributed by atoms with Crippen LogP contribution < -0.4 is 0 Å². The minimum absolute atomic E-state index is 0.246. The van der Waals surface area contributed by atoms with Gasteiger partial charge in [-0.25, -0.2) is 9.37 Å². The molecule has 2 aromatic carbocycles. The lowest BCUT2D eigenvalue weighted by Gasteiger charge is -2.13. The normalized spacial score (nSPS) is 12.5. The van der Waals surface area contributed by atoms with Crippen LogP contribution in [0.4, 0.5) is 4.39 Å². The first-order valence-corrected chi connectivity index (χ1v) is 8.97. The summed E-state index contributed by atoms with van der Waals surface area (Å²) >= 11 is 0. The number of nitrogens with zero attached hydrogens (tertiary/aromatic N) is 2. The Bertz CT molecular complexity index is 1180. The molecule has 5 nitrogen and oxygen atoms in total. The summed E-state index contributed by atoms with van der Waals surface area (Å²) in [7, 11) is 0. The first kappa shape index (κ1) is 16.6. The molecule has 6 heteroatoms. The summed E-state index contributed by atoms with van der Waals surface area (Å²) in [6.45, 7) is -0.741. The van der Waals surface area contributed by atoms with Crippen molar-refractivity contribution < 1.29 is 18.1 Å². The number of aldehydes is 1. The van der Waals surface area contributed by atoms with Gasteiger partial charge in [0.2, 0.25) is 5.89 Å². The van der Waals surface area contributed by atoms with Gasteiger partial charge < -0.3 is 8.94 Å². The van der Waals surface area contributed by atoms with E-state index in [0.29, 0.717) is 29.1 Å². The third-order valence-electron chi connectivity index (χ3n) is 5.00. The molecule has 0 saturated carbocycles. The largest absolute Gasteiger partial charge is 0.434 e. The maximum Gasteiger partial charge on any atom is 0.249 e. The van der Waals surface area contributed by atoms with Crippen LogP contribution in [0.2, 0.25) is 0 Å². The van der Waals surface area contributed by atoms with Crippen LogP contribution in [0.15, 0.2) is 57.5 Å². The Kier molecular flexibility index (Phi) is 3.90. The SMILES string of the molecule is O=Cc1ccc2c(c1)CCc1nc(-c3noc(-c4ccccc4)c3CF)oc1-2. The second kappa shape index (κ2) is 6.56. The fourth-order valence-electron chi connectivity index (χ4n) is 3.62. The number of aromatic nitrogens is 2. The molecule has 0 N–H and O–H groups in total. The highest BCUT2D eigenvalue weighted by Gasteiger charge is 2.27. The van der Waals surface area contributed by atoms with E-state index in [1.54, 1.807) is 6.07 Å². The highest BCUT2D eigenvalue weighted by atomic mass is 19.1. The van der Waals surface area contributed by atoms with Gasteiger partial charge in [0.25, 0.3) is 0 Å². The number of halogens is 1. The molecule has 0 fully saturated rings. The first-order valence-electron chi connectivity index (χ1n) is 8.97. The molecule has 28 heavy (non-hydrogen) atoms. The fraction of sp³-hybridized carbons (Fsp3) is 0.136. The van der Waals surface area contributed by atoms with Gasteiger partial charge in [0.1, 0.15) is 13.0 Å². The number of carbonyl (C=O) groups excluding carboxylic acids is 1. The fourth-order valence-corrected chi connectivity index (χ4v) is 3.62. The summed E-state index contributed by atoms with van der Waals surface area (Å²) in [5.74, 6) is 1.27. The highest BCUT2D eigenvalue weighted by molar-refractivity contribution is 5.79. The van der Waals surface area contributed by atoms with Crippen LogP contribution in [0, 0.1) is 0 Å². The van der Waals surface area contributed by atoms with E-state index in [2.05, 4.69) is 10.1 Å². The highest BCUT2D eigenvalue weighted by Crippen LogP contribution is 2.39. The summed E-state index contributed by atoms with van der Waals surface area (Å²) in [6.07, 6.45) is 2.28. The van der Waals surface area contributed by atoms with Gasteiger partial charge in [-0.1, -0.05) is 47.6 Å². The minimum atomic E-state index is -0.741. The number of rotatable bonds is 4. The standard InChI is InChI=1S/C22H15FN2O3/c23-11-17-19(25-28-20(17)14-4-2-1-3-5-14)22-24-18-9-7-15-10-13(12-26)6-8-16(15)21(18)27-22/h1-6,8,10,12H,7,9,11H2. The van der Waals surface area contributed by atoms with Crippen molar-refractivity contribution >= 4 is 6.29 Å². The number of oxazole rings is 1. The molecule has 0 unspecified atom stereocenters. The van der Waals surface area contributed by atoms with Gasteiger partial charge in [0.15, 0.2) is 17.2 Å². The molecular weight excluding hydrogens is 359 g/mol. The molecule has 1 aliphatic carbocycles. The van der Waals surface area contributed by atoms with Crippen molar-refractivity contribution in [2.45, 2.75) is 19.5 Å². The van der Waals surface area contributed by atoms with Crippen LogP contribution in [0.1, 0.15) is 27.2 Å². The third-order valence-corrected chi connectivity index (χ3v) is 5.00. The molecule has 2 heterocycles. The van der Waals surface area contributed by atoms with Crippen molar-refractivity contribution in [3.63, 3.8) is 0 Å². The van der Waals surface area contributed by atoms with Crippen molar-refractivity contribution in [3.8, 4) is 34.2 Å². The predicted octanol–water partition coefficient (Wildman–Crippen LogP) is 5.04. The number of hydrogen-bond donors (Lipinski definition) is 0. The smallest absolute Gasteiger partial charge is 0.249 e. The number of hydrogen-bond acceptors (Lipinski definition) is 5. The Balaban J connectivity index is 1.60. The zero-order valence-electron chi connectivity index (χ0n) is 14.8. The molecule has 2 aromatic heterocycles. The van der Waals surface area contributed by atoms with Gasteiger partial charge in [-0.3, -0.25) is 4.79 Å². The second-order valence-corrected chi connectivity index (χ2v) is 6.67. The molecule has 4 aromatic rings. The van der Waals surface area contributed by atoms with Gasteiger partial charge in [-0.05, 0) is 24.5 Å². The van der Waals surface area contributed by atoms with E-state index in [9.17, 15) is 9.18 Å². The summed E-state index contributed by atoms with van der Waals surface area (Å²) in [5.41, 5.74) is 4.72. The number of benzene rings is 2. The Morgan fingerprint density at radius 1 is 1.07 bits per heavy atom. The molecule has 0 radical (unpaired) electrons. The molecule has 5 rings (SSSR count). The minimum Gasteiger partial charge on any atom is -0.434 e. The van der Waals surface area contributed by atoms with Crippen molar-refractivity contribution in [1.29, 1.82) is 0 Å². The van der Waals surface area contributed by atoms with E-state index < -0.39 is 6.67 Å². The molecule has 0 saturated heterocycles. The van der Waals surface area contributed by atoms with E-state index >= 15 is 0 Å². The first-order chi connectivity index (χ1) is 13.8. The van der Waals surface area contributed by atoms with Crippen LogP contribution in [-0.4, -0.2) is 16.4 Å². The van der Waals surface area contributed by atoms with Gasteiger partial charge in [0.05, 0.1) is 11.3 Å². The monoisotopic (exact) mass is 374 g/mol. The van der Waals surface area contributed by atoms with E-state index in [0.717, 1.165) is 35.1 Å². The van der Waals surface area contributed by atoms with Crippen LogP contribution in [0.5, 0.6) is 0 Å². The Morgan fingerprint density at radius 2 is 1.93 bits per heavy atom. The second-order valence-electron chi connectivity index (χ2n) is 6.67. The van der Waals surface area contributed by atoms with Gasteiger partial charge >= 0.3 is 0 Å². The molecule has 0 aliphatic heterocycles. The summed E-state index contributed by atoms with van der Waals surface area (Å²) < 4.78 is 25.3. The van der Waals surface area contributed by atoms with Crippen molar-refractivity contribution in [2.24, 2.45) is 0 Å². The maximum atomic E-state index is 13.9. The number of fused-ring (bicyclic) bond motifs is 3. The van der Waals surface area contributed by atoms with Gasteiger partial charge in [-0.2, -0.15) is 0 Å². The molecule has 0 bridgehead atoms. The van der Waals surface area contributed by atoms with E-state index in [1.807, 2.05) is 42.5 Å². The third kappa shape index (κ3) is 2.57. The Hall–Kier alpha value is -3.54. The molecular formula is C22H15FN2O3. The Labute approximate surface area is 159 Å². The lowest BCUT2D eigenvalue weighted by atomic mass is 9.92. The molecule has 138 valence electrons. The van der Waals surface area contributed by atoms with Gasteiger partial charge in [0, 0.05) is 16.7 Å². The number of alkyl halides is 1. The number of carbonyl (C=O) groups is 1.